The highest BCUT2D eigenvalue weighted by molar-refractivity contribution is 6.31. The molecule has 1 atom stereocenters. The molecule has 0 spiro atoms. The fourth-order valence-corrected chi connectivity index (χ4v) is 4.82. The number of carbonyl (C=O) groups excluding carboxylic acids is 1. The lowest BCUT2D eigenvalue weighted by Gasteiger charge is -2.29. The Hall–Kier alpha value is -2.87. The van der Waals surface area contributed by atoms with Gasteiger partial charge in [-0.2, -0.15) is 0 Å². The lowest BCUT2D eigenvalue weighted by atomic mass is 9.98. The van der Waals surface area contributed by atoms with Crippen molar-refractivity contribution in [2.24, 2.45) is 0 Å². The summed E-state index contributed by atoms with van der Waals surface area (Å²) in [5.74, 6) is 0.559. The minimum atomic E-state index is -0.525. The Bertz CT molecular complexity index is 1230. The average Bonchev–Trinajstić information content (AvgIpc) is 3.12. The van der Waals surface area contributed by atoms with Crippen LogP contribution < -0.4 is 10.2 Å². The minimum Gasteiger partial charge on any atom is -0.497 e. The van der Waals surface area contributed by atoms with E-state index in [1.165, 1.54) is 0 Å². The number of amides is 1. The predicted octanol–water partition coefficient (Wildman–Crippen LogP) is 3.72. The molecule has 2 aromatic carbocycles. The van der Waals surface area contributed by atoms with E-state index in [1.807, 2.05) is 24.3 Å². The molecule has 3 aromatic rings. The van der Waals surface area contributed by atoms with Crippen molar-refractivity contribution in [2.75, 3.05) is 46.5 Å². The first kappa shape index (κ1) is 21.9. The van der Waals surface area contributed by atoms with E-state index < -0.39 is 6.04 Å². The summed E-state index contributed by atoms with van der Waals surface area (Å²) in [6.45, 7) is 4.61. The Balaban J connectivity index is 1.53. The highest BCUT2D eigenvalue weighted by atomic mass is 35.5. The second-order valence-electron chi connectivity index (χ2n) is 8.30. The lowest BCUT2D eigenvalue weighted by molar-refractivity contribution is 0.0353. The quantitative estimate of drug-likeness (QED) is 0.549. The van der Waals surface area contributed by atoms with Gasteiger partial charge in [0, 0.05) is 31.2 Å². The molecule has 33 heavy (non-hydrogen) atoms. The van der Waals surface area contributed by atoms with E-state index in [4.69, 9.17) is 25.5 Å². The van der Waals surface area contributed by atoms with Gasteiger partial charge in [0.2, 0.25) is 5.76 Å². The minimum absolute atomic E-state index is 0.113. The molecule has 0 N–H and O–H groups in total. The van der Waals surface area contributed by atoms with E-state index in [0.717, 1.165) is 44.8 Å². The number of hydrogen-bond donors (Lipinski definition) is 0. The standard InChI is InChI=1S/C25H25ClN2O5/c1-31-18-6-3-16(4-7-18)22-21-23(29)19-15-17(26)5-8-20(19)33-24(21)25(30)28(22)10-2-9-27-11-13-32-14-12-27/h3-8,15,22H,2,9-14H2,1H3/t22-/m0/s1. The van der Waals surface area contributed by atoms with Crippen molar-refractivity contribution < 1.29 is 18.7 Å². The van der Waals surface area contributed by atoms with E-state index in [1.54, 1.807) is 30.2 Å². The molecule has 2 aliphatic heterocycles. The van der Waals surface area contributed by atoms with E-state index >= 15 is 0 Å². The maximum absolute atomic E-state index is 13.5. The molecule has 172 valence electrons. The van der Waals surface area contributed by atoms with Crippen molar-refractivity contribution in [3.05, 3.63) is 74.6 Å². The van der Waals surface area contributed by atoms with Gasteiger partial charge in [0.25, 0.3) is 5.91 Å². The molecule has 1 aromatic heterocycles. The van der Waals surface area contributed by atoms with Crippen LogP contribution in [0.3, 0.4) is 0 Å². The molecular formula is C25H25ClN2O5. The number of carbonyl (C=O) groups is 1. The number of fused-ring (bicyclic) bond motifs is 2. The molecule has 3 heterocycles. The van der Waals surface area contributed by atoms with Gasteiger partial charge in [-0.15, -0.1) is 0 Å². The monoisotopic (exact) mass is 468 g/mol. The first-order valence-corrected chi connectivity index (χ1v) is 11.5. The van der Waals surface area contributed by atoms with Crippen LogP contribution in [0.1, 0.15) is 34.1 Å². The van der Waals surface area contributed by atoms with Crippen LogP contribution in [-0.4, -0.2) is 62.2 Å². The van der Waals surface area contributed by atoms with Crippen LogP contribution in [0.15, 0.2) is 51.7 Å². The zero-order chi connectivity index (χ0) is 22.9. The molecular weight excluding hydrogens is 444 g/mol. The van der Waals surface area contributed by atoms with Crippen LogP contribution in [-0.2, 0) is 4.74 Å². The highest BCUT2D eigenvalue weighted by Gasteiger charge is 2.42. The van der Waals surface area contributed by atoms with Crippen LogP contribution in [0.5, 0.6) is 5.75 Å². The topological polar surface area (TPSA) is 72.2 Å². The normalized spacial score (nSPS) is 18.7. The zero-order valence-corrected chi connectivity index (χ0v) is 19.1. The molecule has 2 aliphatic rings. The molecule has 1 fully saturated rings. The van der Waals surface area contributed by atoms with Crippen LogP contribution >= 0.6 is 11.6 Å². The third-order valence-corrected chi connectivity index (χ3v) is 6.57. The molecule has 8 heteroatoms. The third kappa shape index (κ3) is 4.12. The predicted molar refractivity (Wildman–Crippen MR) is 125 cm³/mol. The van der Waals surface area contributed by atoms with E-state index in [9.17, 15) is 9.59 Å². The van der Waals surface area contributed by atoms with Crippen LogP contribution in [0, 0.1) is 0 Å². The smallest absolute Gasteiger partial charge is 0.290 e. The van der Waals surface area contributed by atoms with Gasteiger partial charge in [0.1, 0.15) is 11.3 Å². The highest BCUT2D eigenvalue weighted by Crippen LogP contribution is 2.38. The average molecular weight is 469 g/mol. The summed E-state index contributed by atoms with van der Waals surface area (Å²) in [5.41, 5.74) is 1.34. The van der Waals surface area contributed by atoms with Crippen LogP contribution in [0.25, 0.3) is 11.0 Å². The van der Waals surface area contributed by atoms with Crippen molar-refractivity contribution in [2.45, 2.75) is 12.5 Å². The SMILES string of the molecule is COc1ccc([C@H]2c3c(oc4ccc(Cl)cc4c3=O)C(=O)N2CCCN2CCOCC2)cc1. The largest absolute Gasteiger partial charge is 0.497 e. The van der Waals surface area contributed by atoms with E-state index in [-0.39, 0.29) is 17.1 Å². The molecule has 7 nitrogen and oxygen atoms in total. The number of methoxy groups -OCH3 is 1. The fourth-order valence-electron chi connectivity index (χ4n) is 4.65. The van der Waals surface area contributed by atoms with Crippen molar-refractivity contribution in [3.8, 4) is 5.75 Å². The molecule has 1 saturated heterocycles. The summed E-state index contributed by atoms with van der Waals surface area (Å²) >= 11 is 6.14. The maximum Gasteiger partial charge on any atom is 0.290 e. The van der Waals surface area contributed by atoms with Gasteiger partial charge in [0.15, 0.2) is 5.43 Å². The zero-order valence-electron chi connectivity index (χ0n) is 18.4. The van der Waals surface area contributed by atoms with E-state index in [0.29, 0.717) is 33.8 Å². The molecule has 0 radical (unpaired) electrons. The number of benzene rings is 2. The lowest BCUT2D eigenvalue weighted by Crippen LogP contribution is -2.38. The van der Waals surface area contributed by atoms with Crippen LogP contribution in [0.4, 0.5) is 0 Å². The summed E-state index contributed by atoms with van der Waals surface area (Å²) < 4.78 is 16.7. The maximum atomic E-state index is 13.5. The number of hydrogen-bond acceptors (Lipinski definition) is 6. The van der Waals surface area contributed by atoms with Crippen molar-refractivity contribution >= 4 is 28.5 Å². The number of rotatable bonds is 6. The molecule has 0 unspecified atom stereocenters. The summed E-state index contributed by atoms with van der Waals surface area (Å²) in [4.78, 5) is 31.1. The van der Waals surface area contributed by atoms with Gasteiger partial charge in [0.05, 0.1) is 37.3 Å². The van der Waals surface area contributed by atoms with Crippen molar-refractivity contribution in [1.29, 1.82) is 0 Å². The van der Waals surface area contributed by atoms with Gasteiger partial charge in [-0.3, -0.25) is 14.5 Å². The molecule has 0 bridgehead atoms. The summed E-state index contributed by atoms with van der Waals surface area (Å²) in [7, 11) is 1.60. The summed E-state index contributed by atoms with van der Waals surface area (Å²) in [6, 6.07) is 11.8. The summed E-state index contributed by atoms with van der Waals surface area (Å²) in [5, 5.41) is 0.824. The second-order valence-corrected chi connectivity index (χ2v) is 8.73. The Morgan fingerprint density at radius 3 is 2.55 bits per heavy atom. The first-order valence-electron chi connectivity index (χ1n) is 11.1. The number of nitrogens with zero attached hydrogens (tertiary/aromatic N) is 2. The Morgan fingerprint density at radius 1 is 1.06 bits per heavy atom. The Labute approximate surface area is 196 Å². The van der Waals surface area contributed by atoms with Gasteiger partial charge in [-0.05, 0) is 42.3 Å². The molecule has 5 rings (SSSR count). The van der Waals surface area contributed by atoms with Gasteiger partial charge in [-0.1, -0.05) is 23.7 Å². The molecule has 1 amide bonds. The Kier molecular flexibility index (Phi) is 6.10. The number of halogens is 1. The number of ether oxygens (including phenoxy) is 2. The fraction of sp³-hybridized carbons (Fsp3) is 0.360. The van der Waals surface area contributed by atoms with Crippen molar-refractivity contribution in [3.63, 3.8) is 0 Å². The van der Waals surface area contributed by atoms with Gasteiger partial charge < -0.3 is 18.8 Å². The van der Waals surface area contributed by atoms with Crippen molar-refractivity contribution in [1.82, 2.24) is 9.80 Å². The third-order valence-electron chi connectivity index (χ3n) is 6.34. The number of morpholine rings is 1. The molecule has 0 aliphatic carbocycles. The van der Waals surface area contributed by atoms with Crippen LogP contribution in [0.2, 0.25) is 5.02 Å². The second kappa shape index (κ2) is 9.17. The molecule has 0 saturated carbocycles. The first-order chi connectivity index (χ1) is 16.1. The summed E-state index contributed by atoms with van der Waals surface area (Å²) in [6.07, 6.45) is 0.784. The van der Waals surface area contributed by atoms with Gasteiger partial charge >= 0.3 is 0 Å². The van der Waals surface area contributed by atoms with Gasteiger partial charge in [-0.25, -0.2) is 0 Å². The van der Waals surface area contributed by atoms with E-state index in [2.05, 4.69) is 4.90 Å². The Morgan fingerprint density at radius 2 is 1.82 bits per heavy atom.